The molecule has 7 heteroatoms. The summed E-state index contributed by atoms with van der Waals surface area (Å²) in [5.41, 5.74) is 0.523. The number of hydrogen-bond acceptors (Lipinski definition) is 3. The first-order valence-corrected chi connectivity index (χ1v) is 8.67. The lowest BCUT2D eigenvalue weighted by atomic mass is 9.92. The number of Topliss-reactive ketones (excluding diaryl/α,β-unsaturated/α-hetero) is 1. The maximum atomic E-state index is 12.9. The van der Waals surface area contributed by atoms with Crippen molar-refractivity contribution in [1.82, 2.24) is 10.2 Å². The van der Waals surface area contributed by atoms with Crippen LogP contribution in [0.5, 0.6) is 0 Å². The van der Waals surface area contributed by atoms with E-state index < -0.39 is 17.5 Å². The van der Waals surface area contributed by atoms with Crippen LogP contribution in [0.25, 0.3) is 0 Å². The number of amides is 3. The van der Waals surface area contributed by atoms with Crippen LogP contribution in [0.4, 0.5) is 4.79 Å². The lowest BCUT2D eigenvalue weighted by Gasteiger charge is -2.23. The fourth-order valence-corrected chi connectivity index (χ4v) is 3.49. The van der Waals surface area contributed by atoms with E-state index in [0.29, 0.717) is 16.1 Å². The zero-order valence-electron chi connectivity index (χ0n) is 14.2. The smallest absolute Gasteiger partial charge is 0.319 e. The third kappa shape index (κ3) is 3.20. The van der Waals surface area contributed by atoms with Crippen LogP contribution in [0.1, 0.15) is 28.4 Å². The number of aryl methyl sites for hydroxylation is 1. The van der Waals surface area contributed by atoms with Crippen molar-refractivity contribution in [1.29, 1.82) is 0 Å². The van der Waals surface area contributed by atoms with Crippen LogP contribution >= 0.6 is 23.2 Å². The number of ketones is 1. The second kappa shape index (κ2) is 6.74. The number of urea groups is 1. The fraction of sp³-hybridized carbons (Fsp3) is 0.211. The summed E-state index contributed by atoms with van der Waals surface area (Å²) in [6.07, 6.45) is 0. The van der Waals surface area contributed by atoms with Gasteiger partial charge in [-0.2, -0.15) is 0 Å². The molecule has 1 saturated heterocycles. The Balaban J connectivity index is 1.86. The third-order valence-corrected chi connectivity index (χ3v) is 4.97. The summed E-state index contributed by atoms with van der Waals surface area (Å²) in [5, 5.41) is 3.32. The van der Waals surface area contributed by atoms with Crippen LogP contribution in [-0.4, -0.2) is 29.2 Å². The maximum Gasteiger partial charge on any atom is 0.325 e. The standard InChI is InChI=1S/C19H16Cl2N2O3/c1-11-3-5-12(6-4-11)16(24)10-23-17(25)19(2,22-18(23)26)14-8-7-13(20)9-15(14)21/h3-9H,10H2,1-2H3,(H,22,26). The van der Waals surface area contributed by atoms with Gasteiger partial charge in [-0.3, -0.25) is 14.5 Å². The first-order valence-electron chi connectivity index (χ1n) is 7.92. The minimum Gasteiger partial charge on any atom is -0.319 e. The Morgan fingerprint density at radius 3 is 2.38 bits per heavy atom. The van der Waals surface area contributed by atoms with Gasteiger partial charge in [-0.05, 0) is 26.0 Å². The Kier molecular flexibility index (Phi) is 4.78. The molecule has 1 unspecified atom stereocenters. The molecule has 134 valence electrons. The molecule has 0 aromatic heterocycles. The van der Waals surface area contributed by atoms with Crippen LogP contribution in [-0.2, 0) is 10.3 Å². The number of imide groups is 1. The molecule has 1 aliphatic heterocycles. The SMILES string of the molecule is Cc1ccc(C(=O)CN2C(=O)NC(C)(c3ccc(Cl)cc3Cl)C2=O)cc1. The highest BCUT2D eigenvalue weighted by Gasteiger charge is 2.50. The van der Waals surface area contributed by atoms with E-state index in [1.165, 1.54) is 6.07 Å². The lowest BCUT2D eigenvalue weighted by molar-refractivity contribution is -0.130. The van der Waals surface area contributed by atoms with Gasteiger partial charge < -0.3 is 5.32 Å². The van der Waals surface area contributed by atoms with Gasteiger partial charge in [0.25, 0.3) is 5.91 Å². The normalized spacial score (nSPS) is 19.6. The molecule has 1 heterocycles. The van der Waals surface area contributed by atoms with Gasteiger partial charge in [0.1, 0.15) is 5.54 Å². The van der Waals surface area contributed by atoms with Crippen LogP contribution in [0.15, 0.2) is 42.5 Å². The number of hydrogen-bond donors (Lipinski definition) is 1. The number of halogens is 2. The Bertz CT molecular complexity index is 912. The summed E-state index contributed by atoms with van der Waals surface area (Å²) in [5.74, 6) is -0.855. The van der Waals surface area contributed by atoms with Crippen LogP contribution in [0.3, 0.4) is 0 Å². The largest absolute Gasteiger partial charge is 0.325 e. The maximum absolute atomic E-state index is 12.9. The van der Waals surface area contributed by atoms with Crippen molar-refractivity contribution in [3.05, 3.63) is 69.2 Å². The Morgan fingerprint density at radius 2 is 1.77 bits per heavy atom. The molecule has 5 nitrogen and oxygen atoms in total. The monoisotopic (exact) mass is 390 g/mol. The second-order valence-electron chi connectivity index (χ2n) is 6.36. The summed E-state index contributed by atoms with van der Waals surface area (Å²) in [4.78, 5) is 38.6. The molecule has 1 aliphatic rings. The zero-order chi connectivity index (χ0) is 19.1. The number of nitrogens with one attached hydrogen (secondary N) is 1. The Labute approximate surface area is 160 Å². The number of benzene rings is 2. The van der Waals surface area contributed by atoms with Gasteiger partial charge in [0, 0.05) is 21.2 Å². The molecule has 2 aromatic rings. The molecule has 3 rings (SSSR count). The van der Waals surface area contributed by atoms with Gasteiger partial charge in [0.05, 0.1) is 6.54 Å². The Morgan fingerprint density at radius 1 is 1.12 bits per heavy atom. The highest BCUT2D eigenvalue weighted by atomic mass is 35.5. The van der Waals surface area contributed by atoms with E-state index in [-0.39, 0.29) is 17.4 Å². The molecular weight excluding hydrogens is 375 g/mol. The Hall–Kier alpha value is -2.37. The zero-order valence-corrected chi connectivity index (χ0v) is 15.7. The minimum absolute atomic E-state index is 0.264. The first-order chi connectivity index (χ1) is 12.2. The van der Waals surface area contributed by atoms with Gasteiger partial charge >= 0.3 is 6.03 Å². The highest BCUT2D eigenvalue weighted by Crippen LogP contribution is 2.35. The summed E-state index contributed by atoms with van der Waals surface area (Å²) in [6, 6.07) is 11.0. The third-order valence-electron chi connectivity index (χ3n) is 4.42. The van der Waals surface area contributed by atoms with Crippen molar-refractivity contribution in [3.8, 4) is 0 Å². The quantitative estimate of drug-likeness (QED) is 0.634. The van der Waals surface area contributed by atoms with Gasteiger partial charge in [0.15, 0.2) is 5.78 Å². The molecular formula is C19H16Cl2N2O3. The molecule has 1 N–H and O–H groups in total. The predicted molar refractivity (Wildman–Crippen MR) is 99.6 cm³/mol. The van der Waals surface area contributed by atoms with Crippen molar-refractivity contribution in [2.24, 2.45) is 0 Å². The fourth-order valence-electron chi connectivity index (χ4n) is 2.89. The molecule has 0 spiro atoms. The highest BCUT2D eigenvalue weighted by molar-refractivity contribution is 6.35. The van der Waals surface area contributed by atoms with Crippen LogP contribution in [0, 0.1) is 6.92 Å². The topological polar surface area (TPSA) is 66.5 Å². The van der Waals surface area contributed by atoms with Crippen molar-refractivity contribution >= 4 is 40.9 Å². The summed E-state index contributed by atoms with van der Waals surface area (Å²) < 4.78 is 0. The molecule has 1 fully saturated rings. The van der Waals surface area contributed by atoms with E-state index >= 15 is 0 Å². The van der Waals surface area contributed by atoms with Gasteiger partial charge in [-0.15, -0.1) is 0 Å². The molecule has 26 heavy (non-hydrogen) atoms. The van der Waals surface area contributed by atoms with E-state index in [1.807, 2.05) is 6.92 Å². The molecule has 3 amide bonds. The van der Waals surface area contributed by atoms with E-state index in [1.54, 1.807) is 43.3 Å². The van der Waals surface area contributed by atoms with Crippen LogP contribution in [0.2, 0.25) is 10.0 Å². The summed E-state index contributed by atoms with van der Waals surface area (Å²) >= 11 is 12.1. The van der Waals surface area contributed by atoms with Gasteiger partial charge in [-0.25, -0.2) is 4.79 Å². The molecule has 2 aromatic carbocycles. The minimum atomic E-state index is -1.35. The molecule has 0 saturated carbocycles. The van der Waals surface area contributed by atoms with E-state index in [9.17, 15) is 14.4 Å². The molecule has 0 aliphatic carbocycles. The van der Waals surface area contributed by atoms with Crippen LogP contribution < -0.4 is 5.32 Å². The van der Waals surface area contributed by atoms with Gasteiger partial charge in [-0.1, -0.05) is 59.1 Å². The summed E-state index contributed by atoms with van der Waals surface area (Å²) in [6.45, 7) is 3.13. The molecule has 0 radical (unpaired) electrons. The molecule has 1 atom stereocenters. The number of nitrogens with zero attached hydrogens (tertiary/aromatic N) is 1. The number of carbonyl (C=O) groups is 3. The van der Waals surface area contributed by atoms with E-state index in [4.69, 9.17) is 23.2 Å². The van der Waals surface area contributed by atoms with Gasteiger partial charge in [0.2, 0.25) is 0 Å². The van der Waals surface area contributed by atoms with Crippen molar-refractivity contribution in [3.63, 3.8) is 0 Å². The average Bonchev–Trinajstić information content (AvgIpc) is 2.79. The van der Waals surface area contributed by atoms with Crippen molar-refractivity contribution in [2.75, 3.05) is 6.54 Å². The number of carbonyl (C=O) groups excluding carboxylic acids is 3. The lowest BCUT2D eigenvalue weighted by Crippen LogP contribution is -2.41. The number of rotatable bonds is 4. The van der Waals surface area contributed by atoms with Crippen molar-refractivity contribution in [2.45, 2.75) is 19.4 Å². The van der Waals surface area contributed by atoms with E-state index in [0.717, 1.165) is 10.5 Å². The summed E-state index contributed by atoms with van der Waals surface area (Å²) in [7, 11) is 0. The average molecular weight is 391 g/mol. The van der Waals surface area contributed by atoms with E-state index in [2.05, 4.69) is 5.32 Å². The predicted octanol–water partition coefficient (Wildman–Crippen LogP) is 3.95. The first kappa shape index (κ1) is 18.4. The van der Waals surface area contributed by atoms with Crippen molar-refractivity contribution < 1.29 is 14.4 Å². The molecule has 0 bridgehead atoms. The second-order valence-corrected chi connectivity index (χ2v) is 7.20.